The summed E-state index contributed by atoms with van der Waals surface area (Å²) in [5, 5.41) is 3.99. The van der Waals surface area contributed by atoms with Crippen LogP contribution in [-0.2, 0) is 14.8 Å². The van der Waals surface area contributed by atoms with Crippen molar-refractivity contribution >= 4 is 15.7 Å². The Hall–Kier alpha value is -1.93. The van der Waals surface area contributed by atoms with E-state index in [0.717, 1.165) is 18.6 Å². The molecule has 0 amide bonds. The predicted octanol–water partition coefficient (Wildman–Crippen LogP) is 2.00. The highest BCUT2D eigenvalue weighted by atomic mass is 32.2. The number of anilines is 1. The first-order valence-corrected chi connectivity index (χ1v) is 8.75. The van der Waals surface area contributed by atoms with Crippen molar-refractivity contribution in [3.63, 3.8) is 0 Å². The molecular formula is C14H17N3O4S. The first kappa shape index (κ1) is 15.0. The van der Waals surface area contributed by atoms with Gasteiger partial charge in [-0.25, -0.2) is 8.42 Å². The number of hydrogen-bond donors (Lipinski definition) is 1. The van der Waals surface area contributed by atoms with E-state index < -0.39 is 10.0 Å². The van der Waals surface area contributed by atoms with E-state index in [9.17, 15) is 8.42 Å². The van der Waals surface area contributed by atoms with Crippen LogP contribution in [0.15, 0.2) is 28.8 Å². The molecule has 0 unspecified atom stereocenters. The van der Waals surface area contributed by atoms with Crippen molar-refractivity contribution in [2.45, 2.75) is 19.3 Å². The van der Waals surface area contributed by atoms with Gasteiger partial charge in [-0.05, 0) is 37.6 Å². The first-order valence-electron chi connectivity index (χ1n) is 7.09. The lowest BCUT2D eigenvalue weighted by Crippen LogP contribution is -2.14. The fraction of sp³-hybridized carbons (Fsp3) is 0.429. The lowest BCUT2D eigenvalue weighted by molar-refractivity contribution is 0.192. The number of nitrogens with zero attached hydrogens (tertiary/aromatic N) is 2. The van der Waals surface area contributed by atoms with E-state index in [2.05, 4.69) is 14.9 Å². The average Bonchev–Trinajstić information content (AvgIpc) is 3.19. The van der Waals surface area contributed by atoms with Crippen molar-refractivity contribution < 1.29 is 17.7 Å². The van der Waals surface area contributed by atoms with Gasteiger partial charge in [0.15, 0.2) is 5.82 Å². The molecule has 0 saturated carbocycles. The van der Waals surface area contributed by atoms with Gasteiger partial charge in [0.25, 0.3) is 5.89 Å². The second-order valence-corrected chi connectivity index (χ2v) is 7.11. The normalized spacial score (nSPS) is 18.5. The molecule has 0 spiro atoms. The Morgan fingerprint density at radius 3 is 2.73 bits per heavy atom. The van der Waals surface area contributed by atoms with Gasteiger partial charge in [-0.15, -0.1) is 0 Å². The Morgan fingerprint density at radius 1 is 1.32 bits per heavy atom. The van der Waals surface area contributed by atoms with Gasteiger partial charge >= 0.3 is 0 Å². The van der Waals surface area contributed by atoms with Crippen LogP contribution in [0.2, 0.25) is 0 Å². The van der Waals surface area contributed by atoms with Crippen LogP contribution in [0.4, 0.5) is 5.69 Å². The van der Waals surface area contributed by atoms with Crippen LogP contribution in [0.3, 0.4) is 0 Å². The highest BCUT2D eigenvalue weighted by molar-refractivity contribution is 7.92. The van der Waals surface area contributed by atoms with Crippen LogP contribution < -0.4 is 4.72 Å². The van der Waals surface area contributed by atoms with Gasteiger partial charge in [0.2, 0.25) is 10.0 Å². The molecule has 1 aliphatic heterocycles. The molecule has 0 bridgehead atoms. The Kier molecular flexibility index (Phi) is 4.12. The zero-order valence-corrected chi connectivity index (χ0v) is 13.0. The molecule has 0 aliphatic carbocycles. The van der Waals surface area contributed by atoms with E-state index >= 15 is 0 Å². The number of rotatable bonds is 5. The average molecular weight is 323 g/mol. The maximum absolute atomic E-state index is 11.5. The van der Waals surface area contributed by atoms with Crippen molar-refractivity contribution in [2.75, 3.05) is 23.7 Å². The third-order valence-corrected chi connectivity index (χ3v) is 4.83. The van der Waals surface area contributed by atoms with Crippen molar-refractivity contribution in [3.05, 3.63) is 30.1 Å². The van der Waals surface area contributed by atoms with Gasteiger partial charge in [-0.1, -0.05) is 5.16 Å². The molecule has 0 radical (unpaired) electrons. The van der Waals surface area contributed by atoms with E-state index in [-0.39, 0.29) is 11.7 Å². The van der Waals surface area contributed by atoms with Gasteiger partial charge in [0, 0.05) is 23.8 Å². The Balaban J connectivity index is 1.75. The summed E-state index contributed by atoms with van der Waals surface area (Å²) < 4.78 is 36.1. The molecule has 1 saturated heterocycles. The highest BCUT2D eigenvalue weighted by Crippen LogP contribution is 2.26. The van der Waals surface area contributed by atoms with Crippen molar-refractivity contribution in [1.29, 1.82) is 0 Å². The minimum absolute atomic E-state index is 0.0330. The number of aromatic nitrogens is 2. The molecule has 1 N–H and O–H groups in total. The van der Waals surface area contributed by atoms with E-state index in [1.54, 1.807) is 31.2 Å². The van der Waals surface area contributed by atoms with Gasteiger partial charge in [-0.3, -0.25) is 4.72 Å². The first-order chi connectivity index (χ1) is 10.6. The number of ether oxygens (including phenoxy) is 1. The van der Waals surface area contributed by atoms with E-state index in [0.29, 0.717) is 24.0 Å². The van der Waals surface area contributed by atoms with E-state index in [1.165, 1.54) is 0 Å². The minimum atomic E-state index is -3.27. The quantitative estimate of drug-likeness (QED) is 0.904. The van der Waals surface area contributed by atoms with E-state index in [1.807, 2.05) is 0 Å². The lowest BCUT2D eigenvalue weighted by atomic mass is 10.1. The zero-order valence-electron chi connectivity index (χ0n) is 12.2. The molecular weight excluding hydrogens is 306 g/mol. The molecule has 2 heterocycles. The van der Waals surface area contributed by atoms with Crippen molar-refractivity contribution in [3.8, 4) is 11.5 Å². The standard InChI is InChI=1S/C14H17N3O4S/c1-2-22(18,19)17-12-5-3-10(4-6-12)14-15-13(16-21-14)11-7-8-20-9-11/h3-6,11,17H,2,7-9H2,1H3/t11-/m0/s1. The number of nitrogens with one attached hydrogen (secondary N) is 1. The van der Waals surface area contributed by atoms with Crippen LogP contribution in [0, 0.1) is 0 Å². The summed E-state index contributed by atoms with van der Waals surface area (Å²) in [4.78, 5) is 4.39. The minimum Gasteiger partial charge on any atom is -0.381 e. The topological polar surface area (TPSA) is 94.3 Å². The fourth-order valence-electron chi connectivity index (χ4n) is 2.19. The summed E-state index contributed by atoms with van der Waals surface area (Å²) in [6.45, 7) is 2.93. The fourth-order valence-corrected chi connectivity index (χ4v) is 2.83. The largest absolute Gasteiger partial charge is 0.381 e. The summed E-state index contributed by atoms with van der Waals surface area (Å²) in [5.41, 5.74) is 1.26. The molecule has 3 rings (SSSR count). The van der Waals surface area contributed by atoms with Gasteiger partial charge in [0.1, 0.15) is 0 Å². The molecule has 22 heavy (non-hydrogen) atoms. The SMILES string of the molecule is CCS(=O)(=O)Nc1ccc(-c2nc([C@H]3CCOC3)no2)cc1. The number of benzene rings is 1. The van der Waals surface area contributed by atoms with Crippen LogP contribution >= 0.6 is 0 Å². The van der Waals surface area contributed by atoms with Crippen LogP contribution in [0.25, 0.3) is 11.5 Å². The monoisotopic (exact) mass is 323 g/mol. The van der Waals surface area contributed by atoms with Gasteiger partial charge in [0.05, 0.1) is 12.4 Å². The highest BCUT2D eigenvalue weighted by Gasteiger charge is 2.23. The molecule has 1 aromatic heterocycles. The lowest BCUT2D eigenvalue weighted by Gasteiger charge is -2.05. The molecule has 1 aromatic carbocycles. The zero-order chi connectivity index (χ0) is 15.6. The van der Waals surface area contributed by atoms with Crippen molar-refractivity contribution in [1.82, 2.24) is 10.1 Å². The molecule has 8 heteroatoms. The third-order valence-electron chi connectivity index (χ3n) is 3.52. The molecule has 118 valence electrons. The Morgan fingerprint density at radius 2 is 2.09 bits per heavy atom. The van der Waals surface area contributed by atoms with Crippen LogP contribution in [0.1, 0.15) is 25.1 Å². The summed E-state index contributed by atoms with van der Waals surface area (Å²) >= 11 is 0. The van der Waals surface area contributed by atoms with Crippen LogP contribution in [0.5, 0.6) is 0 Å². The maximum Gasteiger partial charge on any atom is 0.257 e. The van der Waals surface area contributed by atoms with Crippen LogP contribution in [-0.4, -0.2) is 37.5 Å². The molecule has 1 fully saturated rings. The van der Waals surface area contributed by atoms with Crippen molar-refractivity contribution in [2.24, 2.45) is 0 Å². The maximum atomic E-state index is 11.5. The summed E-state index contributed by atoms with van der Waals surface area (Å²) in [6, 6.07) is 6.84. The second-order valence-electron chi connectivity index (χ2n) is 5.10. The summed E-state index contributed by atoms with van der Waals surface area (Å²) in [5.74, 6) is 1.30. The number of sulfonamides is 1. The Labute approximate surface area is 128 Å². The smallest absolute Gasteiger partial charge is 0.257 e. The third kappa shape index (κ3) is 3.28. The molecule has 1 aliphatic rings. The van der Waals surface area contributed by atoms with Gasteiger partial charge in [-0.2, -0.15) is 4.98 Å². The molecule has 2 aromatic rings. The summed E-state index contributed by atoms with van der Waals surface area (Å²) in [6.07, 6.45) is 0.900. The molecule has 7 nitrogen and oxygen atoms in total. The van der Waals surface area contributed by atoms with E-state index in [4.69, 9.17) is 9.26 Å². The van der Waals surface area contributed by atoms with Gasteiger partial charge < -0.3 is 9.26 Å². The Bertz CT molecular complexity index is 734. The number of hydrogen-bond acceptors (Lipinski definition) is 6. The summed E-state index contributed by atoms with van der Waals surface area (Å²) in [7, 11) is -3.27. The molecule has 1 atom stereocenters. The second kappa shape index (κ2) is 6.05. The predicted molar refractivity (Wildman–Crippen MR) is 81.0 cm³/mol.